The Bertz CT molecular complexity index is 718. The second kappa shape index (κ2) is 30.7. The van der Waals surface area contributed by atoms with E-state index >= 15 is 0 Å². The molecule has 1 amide bonds. The van der Waals surface area contributed by atoms with Gasteiger partial charge in [-0.1, -0.05) is 107 Å². The van der Waals surface area contributed by atoms with Gasteiger partial charge in [0.05, 0.1) is 18.8 Å². The van der Waals surface area contributed by atoms with Gasteiger partial charge in [0.25, 0.3) is 0 Å². The largest absolute Gasteiger partial charge is 0.394 e. The van der Waals surface area contributed by atoms with Gasteiger partial charge in [-0.05, 0) is 83.5 Å². The van der Waals surface area contributed by atoms with Crippen LogP contribution in [-0.4, -0.2) is 57.3 Å². The molecule has 244 valence electrons. The molecule has 5 N–H and O–H groups in total. The summed E-state index contributed by atoms with van der Waals surface area (Å²) in [7, 11) is 0. The number of allylic oxidation sites excluding steroid dienone is 8. The van der Waals surface area contributed by atoms with Crippen molar-refractivity contribution in [1.29, 1.82) is 0 Å². The molecule has 0 spiro atoms. The molecule has 0 fully saturated rings. The molecule has 4 atom stereocenters. The molecule has 0 aromatic carbocycles. The highest BCUT2D eigenvalue weighted by Gasteiger charge is 2.28. The van der Waals surface area contributed by atoms with E-state index < -0.39 is 36.9 Å². The minimum absolute atomic E-state index is 0.341. The van der Waals surface area contributed by atoms with E-state index in [-0.39, 0.29) is 0 Å². The Labute approximate surface area is 258 Å². The molecule has 42 heavy (non-hydrogen) atoms. The molecule has 0 heterocycles. The summed E-state index contributed by atoms with van der Waals surface area (Å²) < 4.78 is 0. The van der Waals surface area contributed by atoms with E-state index in [1.165, 1.54) is 38.5 Å². The van der Waals surface area contributed by atoms with Crippen LogP contribution < -0.4 is 5.32 Å². The number of unbranched alkanes of at least 4 members (excludes halogenated alkanes) is 12. The Morgan fingerprint density at radius 2 is 1.02 bits per heavy atom. The van der Waals surface area contributed by atoms with Gasteiger partial charge >= 0.3 is 0 Å². The van der Waals surface area contributed by atoms with Crippen molar-refractivity contribution in [3.05, 3.63) is 48.6 Å². The second-order valence-electron chi connectivity index (χ2n) is 11.5. The summed E-state index contributed by atoms with van der Waals surface area (Å²) in [5.41, 5.74) is 0. The van der Waals surface area contributed by atoms with Gasteiger partial charge in [0.15, 0.2) is 0 Å². The van der Waals surface area contributed by atoms with Crippen molar-refractivity contribution in [3.63, 3.8) is 0 Å². The fourth-order valence-electron chi connectivity index (χ4n) is 4.65. The monoisotopic (exact) mass is 591 g/mol. The van der Waals surface area contributed by atoms with Gasteiger partial charge in [-0.2, -0.15) is 0 Å². The number of nitrogens with one attached hydrogen (secondary N) is 1. The topological polar surface area (TPSA) is 110 Å². The number of hydrogen-bond donors (Lipinski definition) is 5. The lowest BCUT2D eigenvalue weighted by Gasteiger charge is -2.27. The third-order valence-electron chi connectivity index (χ3n) is 7.47. The maximum atomic E-state index is 12.4. The first-order valence-corrected chi connectivity index (χ1v) is 17.0. The Balaban J connectivity index is 3.99. The predicted molar refractivity (Wildman–Crippen MR) is 177 cm³/mol. The number of carbonyl (C=O) groups is 1. The second-order valence-corrected chi connectivity index (χ2v) is 11.5. The lowest BCUT2D eigenvalue weighted by atomic mass is 10.00. The molecule has 6 nitrogen and oxygen atoms in total. The summed E-state index contributed by atoms with van der Waals surface area (Å²) in [5, 5.41) is 43.2. The Hall–Kier alpha value is -1.73. The van der Waals surface area contributed by atoms with Gasteiger partial charge in [0.1, 0.15) is 12.2 Å². The lowest BCUT2D eigenvalue weighted by molar-refractivity contribution is -0.132. The van der Waals surface area contributed by atoms with Crippen LogP contribution in [0.1, 0.15) is 142 Å². The van der Waals surface area contributed by atoms with E-state index in [0.29, 0.717) is 19.3 Å². The fourth-order valence-corrected chi connectivity index (χ4v) is 4.65. The van der Waals surface area contributed by atoms with Crippen LogP contribution >= 0.6 is 0 Å². The normalized spacial score (nSPS) is 15.3. The SMILES string of the molecule is CCCC/C=C/CC/C=C/CC/C=C/CCCC(O)C(O)C(CO)NC(=O)C(O)CCCCCC/C=C\CCCCC. The first-order valence-electron chi connectivity index (χ1n) is 17.0. The summed E-state index contributed by atoms with van der Waals surface area (Å²) in [6, 6.07) is -1.01. The van der Waals surface area contributed by atoms with Gasteiger partial charge < -0.3 is 25.7 Å². The highest BCUT2D eigenvalue weighted by atomic mass is 16.3. The van der Waals surface area contributed by atoms with Crippen molar-refractivity contribution < 1.29 is 25.2 Å². The first kappa shape index (κ1) is 40.3. The van der Waals surface area contributed by atoms with Crippen LogP contribution in [0.4, 0.5) is 0 Å². The number of carbonyl (C=O) groups excluding carboxylic acids is 1. The molecule has 6 heteroatoms. The van der Waals surface area contributed by atoms with Crippen LogP contribution in [0.3, 0.4) is 0 Å². The minimum Gasteiger partial charge on any atom is -0.394 e. The van der Waals surface area contributed by atoms with Crippen molar-refractivity contribution in [3.8, 4) is 0 Å². The highest BCUT2D eigenvalue weighted by molar-refractivity contribution is 5.80. The van der Waals surface area contributed by atoms with E-state index in [0.717, 1.165) is 70.6 Å². The minimum atomic E-state index is -1.29. The molecular weight excluding hydrogens is 526 g/mol. The Kier molecular flexibility index (Phi) is 29.5. The average molecular weight is 592 g/mol. The van der Waals surface area contributed by atoms with E-state index in [2.05, 4.69) is 67.8 Å². The molecule has 0 rings (SSSR count). The molecule has 0 bridgehead atoms. The van der Waals surface area contributed by atoms with Crippen molar-refractivity contribution in [2.24, 2.45) is 0 Å². The average Bonchev–Trinajstić information content (AvgIpc) is 2.99. The third kappa shape index (κ3) is 24.8. The van der Waals surface area contributed by atoms with Crippen molar-refractivity contribution in [2.45, 2.75) is 167 Å². The number of rotatable bonds is 29. The number of amides is 1. The van der Waals surface area contributed by atoms with Crippen LogP contribution in [0.5, 0.6) is 0 Å². The molecule has 0 aromatic rings. The summed E-state index contributed by atoms with van der Waals surface area (Å²) in [4.78, 5) is 12.4. The van der Waals surface area contributed by atoms with Crippen molar-refractivity contribution in [1.82, 2.24) is 5.32 Å². The molecule has 0 saturated heterocycles. The molecule has 4 unspecified atom stereocenters. The zero-order valence-electron chi connectivity index (χ0n) is 27.0. The van der Waals surface area contributed by atoms with E-state index in [4.69, 9.17) is 0 Å². The van der Waals surface area contributed by atoms with Gasteiger partial charge in [-0.25, -0.2) is 0 Å². The van der Waals surface area contributed by atoms with Gasteiger partial charge in [0.2, 0.25) is 5.91 Å². The lowest BCUT2D eigenvalue weighted by Crippen LogP contribution is -2.53. The van der Waals surface area contributed by atoms with Crippen LogP contribution in [-0.2, 0) is 4.79 Å². The van der Waals surface area contributed by atoms with Gasteiger partial charge in [-0.15, -0.1) is 0 Å². The van der Waals surface area contributed by atoms with Crippen LogP contribution in [0.15, 0.2) is 48.6 Å². The summed E-state index contributed by atoms with van der Waals surface area (Å²) in [6.45, 7) is 3.91. The number of hydrogen-bond acceptors (Lipinski definition) is 5. The van der Waals surface area contributed by atoms with Gasteiger partial charge in [-0.3, -0.25) is 4.79 Å². The predicted octanol–water partition coefficient (Wildman–Crippen LogP) is 7.61. The summed E-state index contributed by atoms with van der Waals surface area (Å²) >= 11 is 0. The van der Waals surface area contributed by atoms with Crippen molar-refractivity contribution in [2.75, 3.05) is 6.61 Å². The highest BCUT2D eigenvalue weighted by Crippen LogP contribution is 2.12. The quantitative estimate of drug-likeness (QED) is 0.0454. The number of aliphatic hydroxyl groups is 4. The maximum Gasteiger partial charge on any atom is 0.249 e. The zero-order chi connectivity index (χ0) is 31.1. The summed E-state index contributed by atoms with van der Waals surface area (Å²) in [6.07, 6.45) is 34.1. The van der Waals surface area contributed by atoms with Gasteiger partial charge in [0, 0.05) is 0 Å². The Morgan fingerprint density at radius 1 is 0.571 bits per heavy atom. The van der Waals surface area contributed by atoms with E-state index in [9.17, 15) is 25.2 Å². The van der Waals surface area contributed by atoms with E-state index in [1.807, 2.05) is 0 Å². The smallest absolute Gasteiger partial charge is 0.249 e. The van der Waals surface area contributed by atoms with Crippen LogP contribution in [0.25, 0.3) is 0 Å². The maximum absolute atomic E-state index is 12.4. The van der Waals surface area contributed by atoms with Crippen LogP contribution in [0.2, 0.25) is 0 Å². The molecule has 0 saturated carbocycles. The van der Waals surface area contributed by atoms with Crippen molar-refractivity contribution >= 4 is 5.91 Å². The third-order valence-corrected chi connectivity index (χ3v) is 7.47. The summed E-state index contributed by atoms with van der Waals surface area (Å²) in [5.74, 6) is -0.615. The molecule has 0 aromatic heterocycles. The fraction of sp³-hybridized carbons (Fsp3) is 0.750. The molecule has 0 aliphatic rings. The Morgan fingerprint density at radius 3 is 1.55 bits per heavy atom. The van der Waals surface area contributed by atoms with Crippen LogP contribution in [0, 0.1) is 0 Å². The molecule has 0 aliphatic carbocycles. The standard InChI is InChI=1S/C36H65NO5/c1-3-5-7-9-11-13-15-16-17-18-20-21-23-25-27-29-33(39)35(41)32(31-38)37-36(42)34(40)30-28-26-24-22-19-14-12-10-8-6-4-2/h9,11-12,14,16-17,21,23,32-35,38-41H,3-8,10,13,15,18-20,22,24-31H2,1-2H3,(H,37,42)/b11-9+,14-12-,17-16+,23-21+. The molecular formula is C36H65NO5. The van der Waals surface area contributed by atoms with E-state index in [1.54, 1.807) is 0 Å². The number of aliphatic hydroxyl groups excluding tert-OH is 4. The molecule has 0 radical (unpaired) electrons. The first-order chi connectivity index (χ1) is 20.5. The zero-order valence-corrected chi connectivity index (χ0v) is 27.0. The molecule has 0 aliphatic heterocycles.